The van der Waals surface area contributed by atoms with Crippen molar-refractivity contribution >= 4 is 84.5 Å². The number of benzene rings is 2. The van der Waals surface area contributed by atoms with E-state index in [1.807, 2.05) is 43.3 Å². The summed E-state index contributed by atoms with van der Waals surface area (Å²) in [5, 5.41) is 20.6. The highest BCUT2D eigenvalue weighted by Crippen LogP contribution is 2.24. The van der Waals surface area contributed by atoms with Crippen LogP contribution in [0.15, 0.2) is 72.7 Å². The molecule has 1 aliphatic heterocycles. The van der Waals surface area contributed by atoms with E-state index < -0.39 is 16.9 Å². The summed E-state index contributed by atoms with van der Waals surface area (Å²) < 4.78 is 6.70. The zero-order valence-corrected chi connectivity index (χ0v) is 33.6. The molecule has 2 N–H and O–H groups in total. The Bertz CT molecular complexity index is 2310. The van der Waals surface area contributed by atoms with Gasteiger partial charge in [0.25, 0.3) is 11.1 Å². The molecule has 53 heavy (non-hydrogen) atoms. The molecule has 0 bridgehead atoms. The van der Waals surface area contributed by atoms with Crippen LogP contribution in [0.4, 0.5) is 5.82 Å². The molecule has 0 atom stereocenters. The smallest absolute Gasteiger partial charge is 0.332 e. The summed E-state index contributed by atoms with van der Waals surface area (Å²) in [4.78, 5) is 58.1. The Labute approximate surface area is 332 Å². The average Bonchev–Trinajstić information content (AvgIpc) is 3.69. The van der Waals surface area contributed by atoms with Gasteiger partial charge < -0.3 is 14.8 Å². The van der Waals surface area contributed by atoms with Gasteiger partial charge in [-0.05, 0) is 73.7 Å². The maximum absolute atomic E-state index is 12.9. The average molecular weight is 874 g/mol. The number of fused-ring (bicyclic) bond motifs is 2. The number of imidazole rings is 1. The third-order valence-electron chi connectivity index (χ3n) is 8.14. The van der Waals surface area contributed by atoms with Crippen LogP contribution in [0.1, 0.15) is 43.4 Å². The van der Waals surface area contributed by atoms with Crippen LogP contribution < -0.4 is 22.5 Å². The molecule has 5 aromatic rings. The SMILES string of the molecule is CCn1c(=O)n(CCCO)c(=O)c2c1nc(Cl)n2Cc1ccc(Cl)cc1.CCn1c2c(c(=O)n(CCCO)c1=O)CC(Cl)=N2.Clc1ccc(CBr)cc1. The number of hydrogen-bond donors (Lipinski definition) is 2. The van der Waals surface area contributed by atoms with E-state index in [1.54, 1.807) is 23.6 Å². The van der Waals surface area contributed by atoms with Gasteiger partial charge in [0.05, 0.1) is 12.1 Å². The molecular weight excluding hydrogens is 836 g/mol. The van der Waals surface area contributed by atoms with Crippen LogP contribution in [0, 0.1) is 0 Å². The Morgan fingerprint density at radius 3 is 1.72 bits per heavy atom. The summed E-state index contributed by atoms with van der Waals surface area (Å²) in [7, 11) is 0. The van der Waals surface area contributed by atoms with E-state index in [0.717, 1.165) is 25.1 Å². The van der Waals surface area contributed by atoms with E-state index >= 15 is 0 Å². The van der Waals surface area contributed by atoms with Crippen molar-refractivity contribution in [2.45, 2.75) is 71.2 Å². The fraction of sp³-hybridized carbons (Fsp3) is 0.371. The Morgan fingerprint density at radius 2 is 1.21 bits per heavy atom. The van der Waals surface area contributed by atoms with Gasteiger partial charge in [0.2, 0.25) is 5.28 Å². The predicted molar refractivity (Wildman–Crippen MR) is 214 cm³/mol. The van der Waals surface area contributed by atoms with Crippen molar-refractivity contribution in [1.29, 1.82) is 0 Å². The fourth-order valence-electron chi connectivity index (χ4n) is 5.50. The summed E-state index contributed by atoms with van der Waals surface area (Å²) in [5.41, 5.74) is 1.47. The number of aliphatic hydroxyl groups excluding tert-OH is 2. The number of hydrogen-bond acceptors (Lipinski definition) is 8. The van der Waals surface area contributed by atoms with Gasteiger partial charge in [0, 0.05) is 61.2 Å². The molecular formula is C35H38BrCl4N7O6. The van der Waals surface area contributed by atoms with Crippen LogP contribution in [0.5, 0.6) is 0 Å². The molecule has 2 aromatic carbocycles. The summed E-state index contributed by atoms with van der Waals surface area (Å²) in [6.07, 6.45) is 0.949. The van der Waals surface area contributed by atoms with Gasteiger partial charge in [0.1, 0.15) is 11.0 Å². The first kappa shape index (κ1) is 42.2. The lowest BCUT2D eigenvalue weighted by atomic mass is 10.2. The van der Waals surface area contributed by atoms with Crippen LogP contribution in [-0.4, -0.2) is 56.4 Å². The highest BCUT2D eigenvalue weighted by atomic mass is 79.9. The summed E-state index contributed by atoms with van der Waals surface area (Å²) in [5.74, 6) is 0.373. The normalized spacial score (nSPS) is 11.8. The van der Waals surface area contributed by atoms with Crippen molar-refractivity contribution in [2.24, 2.45) is 4.99 Å². The van der Waals surface area contributed by atoms with Crippen LogP contribution >= 0.6 is 62.3 Å². The fourth-order valence-corrected chi connectivity index (χ4v) is 6.57. The van der Waals surface area contributed by atoms with Gasteiger partial charge in [-0.15, -0.1) is 0 Å². The van der Waals surface area contributed by atoms with Gasteiger partial charge in [0.15, 0.2) is 11.2 Å². The van der Waals surface area contributed by atoms with Crippen LogP contribution in [0.3, 0.4) is 0 Å². The first-order valence-corrected chi connectivity index (χ1v) is 19.3. The molecule has 18 heteroatoms. The van der Waals surface area contributed by atoms with Gasteiger partial charge in [-0.25, -0.2) is 14.6 Å². The molecule has 0 aliphatic carbocycles. The topological polar surface area (TPSA) is 159 Å². The number of aromatic nitrogens is 6. The molecule has 0 amide bonds. The molecule has 0 radical (unpaired) electrons. The lowest BCUT2D eigenvalue weighted by Crippen LogP contribution is -2.41. The van der Waals surface area contributed by atoms with Gasteiger partial charge in [-0.2, -0.15) is 4.98 Å². The third kappa shape index (κ3) is 9.98. The molecule has 0 saturated heterocycles. The minimum Gasteiger partial charge on any atom is -0.396 e. The van der Waals surface area contributed by atoms with Crippen molar-refractivity contribution < 1.29 is 10.2 Å². The summed E-state index contributed by atoms with van der Waals surface area (Å²) >= 11 is 27.0. The van der Waals surface area contributed by atoms with Crippen LogP contribution in [-0.2, 0) is 44.5 Å². The molecule has 6 rings (SSSR count). The number of halogens is 5. The van der Waals surface area contributed by atoms with Crippen LogP contribution in [0.2, 0.25) is 15.3 Å². The van der Waals surface area contributed by atoms with E-state index in [-0.39, 0.29) is 54.7 Å². The molecule has 3 aromatic heterocycles. The number of rotatable bonds is 11. The monoisotopic (exact) mass is 871 g/mol. The number of nitrogens with zero attached hydrogens (tertiary/aromatic N) is 7. The molecule has 284 valence electrons. The number of alkyl halides is 1. The van der Waals surface area contributed by atoms with E-state index in [4.69, 9.17) is 56.6 Å². The maximum atomic E-state index is 12.9. The first-order valence-electron chi connectivity index (χ1n) is 16.7. The zero-order chi connectivity index (χ0) is 38.8. The highest BCUT2D eigenvalue weighted by molar-refractivity contribution is 9.08. The quantitative estimate of drug-likeness (QED) is 0.129. The summed E-state index contributed by atoms with van der Waals surface area (Å²) in [6, 6.07) is 15.0. The second-order valence-electron chi connectivity index (χ2n) is 11.6. The van der Waals surface area contributed by atoms with Gasteiger partial charge in [-0.3, -0.25) is 27.9 Å². The number of aliphatic hydroxyl groups is 2. The van der Waals surface area contributed by atoms with E-state index in [0.29, 0.717) is 54.1 Å². The minimum absolute atomic E-state index is 0.0631. The van der Waals surface area contributed by atoms with Crippen molar-refractivity contribution in [3.8, 4) is 0 Å². The van der Waals surface area contributed by atoms with Crippen molar-refractivity contribution in [2.75, 3.05) is 13.2 Å². The summed E-state index contributed by atoms with van der Waals surface area (Å²) in [6.45, 7) is 4.87. The number of aryl methyl sites for hydroxylation is 1. The Morgan fingerprint density at radius 1 is 0.698 bits per heavy atom. The van der Waals surface area contributed by atoms with Crippen molar-refractivity contribution in [3.05, 3.63) is 122 Å². The van der Waals surface area contributed by atoms with E-state index in [9.17, 15) is 19.2 Å². The Hall–Kier alpha value is -3.50. The zero-order valence-electron chi connectivity index (χ0n) is 28.9. The van der Waals surface area contributed by atoms with Crippen molar-refractivity contribution in [1.82, 2.24) is 27.8 Å². The first-order chi connectivity index (χ1) is 25.4. The van der Waals surface area contributed by atoms with Crippen molar-refractivity contribution in [3.63, 3.8) is 0 Å². The second kappa shape index (κ2) is 19.7. The second-order valence-corrected chi connectivity index (χ2v) is 13.8. The molecule has 0 unspecified atom stereocenters. The predicted octanol–water partition coefficient (Wildman–Crippen LogP) is 5.59. The molecule has 1 aliphatic rings. The Balaban J connectivity index is 0.000000200. The maximum Gasteiger partial charge on any atom is 0.332 e. The minimum atomic E-state index is -0.462. The van der Waals surface area contributed by atoms with E-state index in [2.05, 4.69) is 25.9 Å². The number of aliphatic imine (C=N–C) groups is 1. The molecule has 13 nitrogen and oxygen atoms in total. The molecule has 0 fully saturated rings. The standard InChI is InChI=1S/C17H18Cl2N4O3.C11H14ClN3O3.C7H6BrCl/c1-2-21-14-13(15(25)22(17(21)26)8-3-9-24)23(16(19)20-14)10-11-4-6-12(18)7-5-11;1-2-14-9-7(6-8(12)13-9)10(17)15(11(14)18)4-3-5-16;8-5-6-1-3-7(9)4-2-6/h4-7,24H,2-3,8-10H2,1H3;16H,2-6H2,1H3;1-4H,5H2. The van der Waals surface area contributed by atoms with E-state index in [1.165, 1.54) is 14.7 Å². The largest absolute Gasteiger partial charge is 0.396 e. The molecule has 0 spiro atoms. The Kier molecular flexibility index (Phi) is 15.7. The molecule has 4 heterocycles. The van der Waals surface area contributed by atoms with Gasteiger partial charge >= 0.3 is 11.4 Å². The van der Waals surface area contributed by atoms with Gasteiger partial charge in [-0.1, -0.05) is 75.0 Å². The third-order valence-corrected chi connectivity index (χ3v) is 9.80. The molecule has 0 saturated carbocycles. The van der Waals surface area contributed by atoms with Crippen LogP contribution in [0.25, 0.3) is 11.2 Å². The highest BCUT2D eigenvalue weighted by Gasteiger charge is 2.24. The lowest BCUT2D eigenvalue weighted by Gasteiger charge is -2.11. The lowest BCUT2D eigenvalue weighted by molar-refractivity contribution is 0.277.